The molecule has 3 rings (SSSR count). The molecule has 2 aromatic carbocycles. The molecule has 3 nitrogen and oxygen atoms in total. The first-order chi connectivity index (χ1) is 12.5. The molecule has 0 saturated carbocycles. The molecule has 0 aliphatic heterocycles. The number of thioether (sulfide) groups is 1. The van der Waals surface area contributed by atoms with Crippen molar-refractivity contribution in [1.29, 1.82) is 0 Å². The number of H-pyrrole nitrogens is 1. The van der Waals surface area contributed by atoms with Crippen molar-refractivity contribution in [1.82, 2.24) is 4.98 Å². The van der Waals surface area contributed by atoms with Crippen LogP contribution in [-0.2, 0) is 9.84 Å². The first kappa shape index (κ1) is 19.5. The number of aromatic nitrogens is 1. The standard InChI is InChI=1S/C18H13F4NO2S2/c1-27(24,25)14-8-4-12(5-9-14)17-15(11-2-6-13(19)7-3-11)10-16(23-17)26-18(20,21)22/h2-10,23H,1H3. The predicted octanol–water partition coefficient (Wildman–Crippen LogP) is 5.50. The molecule has 9 heteroatoms. The third-order valence-corrected chi connectivity index (χ3v) is 5.54. The summed E-state index contributed by atoms with van der Waals surface area (Å²) in [6.45, 7) is 0. The summed E-state index contributed by atoms with van der Waals surface area (Å²) >= 11 is -0.290. The number of alkyl halides is 3. The van der Waals surface area contributed by atoms with Gasteiger partial charge in [-0.15, -0.1) is 0 Å². The minimum Gasteiger partial charge on any atom is -0.349 e. The molecular formula is C18H13F4NO2S2. The van der Waals surface area contributed by atoms with Crippen LogP contribution in [0, 0.1) is 5.82 Å². The molecule has 1 heterocycles. The van der Waals surface area contributed by atoms with Crippen molar-refractivity contribution in [2.75, 3.05) is 6.26 Å². The van der Waals surface area contributed by atoms with Crippen LogP contribution >= 0.6 is 11.8 Å². The van der Waals surface area contributed by atoms with Crippen molar-refractivity contribution in [3.63, 3.8) is 0 Å². The Morgan fingerprint density at radius 3 is 2.00 bits per heavy atom. The molecule has 3 aromatic rings. The third-order valence-electron chi connectivity index (χ3n) is 3.75. The second-order valence-corrected chi connectivity index (χ2v) is 8.90. The molecule has 0 aliphatic rings. The van der Waals surface area contributed by atoms with E-state index in [1.54, 1.807) is 0 Å². The van der Waals surface area contributed by atoms with Crippen LogP contribution in [0.2, 0.25) is 0 Å². The predicted molar refractivity (Wildman–Crippen MR) is 96.6 cm³/mol. The number of aromatic amines is 1. The van der Waals surface area contributed by atoms with Crippen molar-refractivity contribution in [3.8, 4) is 22.4 Å². The van der Waals surface area contributed by atoms with Crippen molar-refractivity contribution in [2.45, 2.75) is 15.4 Å². The largest absolute Gasteiger partial charge is 0.447 e. The van der Waals surface area contributed by atoms with Crippen LogP contribution in [0.1, 0.15) is 0 Å². The van der Waals surface area contributed by atoms with Crippen LogP contribution in [0.25, 0.3) is 22.4 Å². The molecule has 0 aliphatic carbocycles. The normalized spacial score (nSPS) is 12.3. The van der Waals surface area contributed by atoms with Crippen molar-refractivity contribution in [3.05, 3.63) is 60.4 Å². The molecule has 1 aromatic heterocycles. The number of sulfone groups is 1. The lowest BCUT2D eigenvalue weighted by atomic mass is 10.0. The highest BCUT2D eigenvalue weighted by atomic mass is 32.2. The maximum atomic E-state index is 13.2. The molecule has 0 unspecified atom stereocenters. The smallest absolute Gasteiger partial charge is 0.349 e. The second-order valence-electron chi connectivity index (χ2n) is 5.77. The van der Waals surface area contributed by atoms with Gasteiger partial charge in [0, 0.05) is 23.6 Å². The molecule has 0 spiro atoms. The highest BCUT2D eigenvalue weighted by Crippen LogP contribution is 2.41. The number of benzene rings is 2. The zero-order valence-corrected chi connectivity index (χ0v) is 15.5. The van der Waals surface area contributed by atoms with Gasteiger partial charge < -0.3 is 4.98 Å². The van der Waals surface area contributed by atoms with E-state index >= 15 is 0 Å². The SMILES string of the molecule is CS(=O)(=O)c1ccc(-c2[nH]c(SC(F)(F)F)cc2-c2ccc(F)cc2)cc1. The lowest BCUT2D eigenvalue weighted by Crippen LogP contribution is -1.99. The van der Waals surface area contributed by atoms with E-state index in [1.165, 1.54) is 54.6 Å². The zero-order chi connectivity index (χ0) is 19.8. The topological polar surface area (TPSA) is 49.9 Å². The summed E-state index contributed by atoms with van der Waals surface area (Å²) in [6, 6.07) is 12.5. The van der Waals surface area contributed by atoms with E-state index in [0.717, 1.165) is 6.26 Å². The fourth-order valence-electron chi connectivity index (χ4n) is 2.56. The number of hydrogen-bond donors (Lipinski definition) is 1. The Labute approximate surface area is 157 Å². The van der Waals surface area contributed by atoms with E-state index in [0.29, 0.717) is 22.4 Å². The molecule has 0 amide bonds. The number of hydrogen-bond acceptors (Lipinski definition) is 3. The molecule has 0 saturated heterocycles. The number of nitrogens with one attached hydrogen (secondary N) is 1. The first-order valence-corrected chi connectivity index (χ1v) is 10.3. The summed E-state index contributed by atoms with van der Waals surface area (Å²) in [7, 11) is -3.39. The van der Waals surface area contributed by atoms with Gasteiger partial charge in [0.2, 0.25) is 0 Å². The van der Waals surface area contributed by atoms with Crippen LogP contribution in [0.15, 0.2) is 64.5 Å². The Bertz CT molecular complexity index is 1050. The van der Waals surface area contributed by atoms with E-state index in [4.69, 9.17) is 0 Å². The summed E-state index contributed by atoms with van der Waals surface area (Å²) in [6.07, 6.45) is 1.07. The average Bonchev–Trinajstić information content (AvgIpc) is 2.96. The van der Waals surface area contributed by atoms with E-state index in [1.807, 2.05) is 0 Å². The van der Waals surface area contributed by atoms with E-state index in [2.05, 4.69) is 4.98 Å². The average molecular weight is 415 g/mol. The summed E-state index contributed by atoms with van der Waals surface area (Å²) in [5.41, 5.74) is -2.59. The van der Waals surface area contributed by atoms with Crippen LogP contribution in [0.3, 0.4) is 0 Å². The summed E-state index contributed by atoms with van der Waals surface area (Å²) in [5.74, 6) is -0.460. The monoisotopic (exact) mass is 415 g/mol. The maximum absolute atomic E-state index is 13.2. The summed E-state index contributed by atoms with van der Waals surface area (Å²) in [5, 5.41) is -0.121. The van der Waals surface area contributed by atoms with Crippen molar-refractivity contribution in [2.24, 2.45) is 0 Å². The van der Waals surface area contributed by atoms with Crippen molar-refractivity contribution >= 4 is 21.6 Å². The lowest BCUT2D eigenvalue weighted by molar-refractivity contribution is -0.0329. The van der Waals surface area contributed by atoms with Gasteiger partial charge in [-0.2, -0.15) is 13.2 Å². The van der Waals surface area contributed by atoms with E-state index in [9.17, 15) is 26.0 Å². The van der Waals surface area contributed by atoms with Gasteiger partial charge >= 0.3 is 5.51 Å². The summed E-state index contributed by atoms with van der Waals surface area (Å²) < 4.78 is 74.6. The number of halogens is 4. The first-order valence-electron chi connectivity index (χ1n) is 7.58. The summed E-state index contributed by atoms with van der Waals surface area (Å²) in [4.78, 5) is 2.83. The lowest BCUT2D eigenvalue weighted by Gasteiger charge is -2.06. The Morgan fingerprint density at radius 1 is 0.926 bits per heavy atom. The highest BCUT2D eigenvalue weighted by Gasteiger charge is 2.31. The minimum absolute atomic E-state index is 0.103. The van der Waals surface area contributed by atoms with E-state index < -0.39 is 21.2 Å². The molecule has 0 atom stereocenters. The van der Waals surface area contributed by atoms with E-state index in [-0.39, 0.29) is 21.7 Å². The Balaban J connectivity index is 2.11. The van der Waals surface area contributed by atoms with Gasteiger partial charge in [0.05, 0.1) is 15.6 Å². The van der Waals surface area contributed by atoms with Crippen LogP contribution < -0.4 is 0 Å². The molecule has 1 N–H and O–H groups in total. The molecule has 142 valence electrons. The molecule has 0 fully saturated rings. The second kappa shape index (κ2) is 7.05. The molecule has 0 radical (unpaired) electrons. The van der Waals surface area contributed by atoms with Gasteiger partial charge in [0.25, 0.3) is 0 Å². The zero-order valence-electron chi connectivity index (χ0n) is 13.8. The van der Waals surface area contributed by atoms with Gasteiger partial charge in [-0.05, 0) is 41.5 Å². The van der Waals surface area contributed by atoms with Gasteiger partial charge in [-0.3, -0.25) is 0 Å². The highest BCUT2D eigenvalue weighted by molar-refractivity contribution is 8.00. The fraction of sp³-hybridized carbons (Fsp3) is 0.111. The van der Waals surface area contributed by atoms with Crippen LogP contribution in [0.5, 0.6) is 0 Å². The van der Waals surface area contributed by atoms with Crippen molar-refractivity contribution < 1.29 is 26.0 Å². The van der Waals surface area contributed by atoms with Gasteiger partial charge in [-0.1, -0.05) is 24.3 Å². The Morgan fingerprint density at radius 2 is 1.48 bits per heavy atom. The molecule has 27 heavy (non-hydrogen) atoms. The third kappa shape index (κ3) is 4.72. The number of rotatable bonds is 4. The Kier molecular flexibility index (Phi) is 5.09. The van der Waals surface area contributed by atoms with Gasteiger partial charge in [0.15, 0.2) is 9.84 Å². The molecular weight excluding hydrogens is 402 g/mol. The van der Waals surface area contributed by atoms with Gasteiger partial charge in [-0.25, -0.2) is 12.8 Å². The maximum Gasteiger partial charge on any atom is 0.447 e. The Hall–Kier alpha value is -2.26. The van der Waals surface area contributed by atoms with Crippen LogP contribution in [-0.4, -0.2) is 25.2 Å². The fourth-order valence-corrected chi connectivity index (χ4v) is 3.77. The van der Waals surface area contributed by atoms with Crippen LogP contribution in [0.4, 0.5) is 17.6 Å². The van der Waals surface area contributed by atoms with Gasteiger partial charge in [0.1, 0.15) is 5.82 Å². The minimum atomic E-state index is -4.47. The molecule has 0 bridgehead atoms. The quantitative estimate of drug-likeness (QED) is 0.452.